The van der Waals surface area contributed by atoms with Gasteiger partial charge in [0.15, 0.2) is 5.54 Å². The van der Waals surface area contributed by atoms with E-state index in [1.54, 1.807) is 11.0 Å². The summed E-state index contributed by atoms with van der Waals surface area (Å²) in [4.78, 5) is 25.7. The molecule has 3 aliphatic rings. The Morgan fingerprint density at radius 3 is 2.84 bits per heavy atom. The number of fused-ring (bicyclic) bond motifs is 3. The van der Waals surface area contributed by atoms with Gasteiger partial charge >= 0.3 is 0 Å². The minimum absolute atomic E-state index is 0.0564. The van der Waals surface area contributed by atoms with E-state index in [1.165, 1.54) is 11.6 Å². The van der Waals surface area contributed by atoms with Gasteiger partial charge in [-0.25, -0.2) is 0 Å². The Balaban J connectivity index is 1.88. The number of carbonyl (C=O) groups excluding carboxylic acids is 2. The maximum atomic E-state index is 12.5. The van der Waals surface area contributed by atoms with E-state index >= 15 is 0 Å². The third kappa shape index (κ3) is 1.28. The molecule has 1 N–H and O–H groups in total. The first-order chi connectivity index (χ1) is 9.20. The van der Waals surface area contributed by atoms with Crippen molar-refractivity contribution in [2.45, 2.75) is 12.0 Å². The molecule has 0 saturated carbocycles. The Kier molecular flexibility index (Phi) is 1.86. The van der Waals surface area contributed by atoms with Crippen LogP contribution in [0.25, 0.3) is 5.70 Å². The highest BCUT2D eigenvalue weighted by molar-refractivity contribution is 6.10. The van der Waals surface area contributed by atoms with Gasteiger partial charge in [0.1, 0.15) is 0 Å². The van der Waals surface area contributed by atoms with E-state index in [2.05, 4.69) is 11.4 Å². The van der Waals surface area contributed by atoms with Crippen molar-refractivity contribution in [3.05, 3.63) is 53.6 Å². The van der Waals surface area contributed by atoms with Gasteiger partial charge in [-0.05, 0) is 24.1 Å². The van der Waals surface area contributed by atoms with E-state index in [0.29, 0.717) is 6.54 Å². The van der Waals surface area contributed by atoms with Gasteiger partial charge in [0.05, 0.1) is 5.70 Å². The first-order valence-electron chi connectivity index (χ1n) is 6.34. The molecule has 1 unspecified atom stereocenters. The van der Waals surface area contributed by atoms with Crippen molar-refractivity contribution in [1.29, 1.82) is 0 Å². The van der Waals surface area contributed by atoms with E-state index < -0.39 is 5.54 Å². The molecule has 4 nitrogen and oxygen atoms in total. The molecule has 0 bridgehead atoms. The number of hydrogen-bond donors (Lipinski definition) is 1. The van der Waals surface area contributed by atoms with Crippen molar-refractivity contribution in [2.75, 3.05) is 6.54 Å². The third-order valence-corrected chi connectivity index (χ3v) is 3.98. The third-order valence-electron chi connectivity index (χ3n) is 3.98. The summed E-state index contributed by atoms with van der Waals surface area (Å²) in [6, 6.07) is 8.10. The summed E-state index contributed by atoms with van der Waals surface area (Å²) >= 11 is 0. The lowest BCUT2D eigenvalue weighted by Gasteiger charge is -2.29. The first-order valence-corrected chi connectivity index (χ1v) is 6.34. The number of rotatable bonds is 0. The van der Waals surface area contributed by atoms with Gasteiger partial charge in [0.2, 0.25) is 5.91 Å². The molecule has 0 aromatic heterocycles. The normalized spacial score (nSPS) is 27.4. The zero-order valence-electron chi connectivity index (χ0n) is 10.2. The van der Waals surface area contributed by atoms with Gasteiger partial charge < -0.3 is 10.2 Å². The summed E-state index contributed by atoms with van der Waals surface area (Å²) in [6.45, 7) is 0.674. The van der Waals surface area contributed by atoms with Gasteiger partial charge in [0, 0.05) is 18.2 Å². The Labute approximate surface area is 110 Å². The van der Waals surface area contributed by atoms with Crippen molar-refractivity contribution in [1.82, 2.24) is 10.2 Å². The zero-order chi connectivity index (χ0) is 13.0. The lowest BCUT2D eigenvalue weighted by atomic mass is 9.97. The van der Waals surface area contributed by atoms with Crippen LogP contribution < -0.4 is 5.32 Å². The fourth-order valence-corrected chi connectivity index (χ4v) is 3.06. The van der Waals surface area contributed by atoms with Crippen molar-refractivity contribution < 1.29 is 9.59 Å². The lowest BCUT2D eigenvalue weighted by molar-refractivity contribution is -0.132. The molecule has 3 aliphatic heterocycles. The van der Waals surface area contributed by atoms with Gasteiger partial charge in [-0.1, -0.05) is 24.3 Å². The van der Waals surface area contributed by atoms with Crippen molar-refractivity contribution in [3.8, 4) is 0 Å². The van der Waals surface area contributed by atoms with Crippen LogP contribution in [0.4, 0.5) is 0 Å². The number of amides is 2. The van der Waals surface area contributed by atoms with Crippen LogP contribution >= 0.6 is 0 Å². The molecule has 0 radical (unpaired) electrons. The van der Waals surface area contributed by atoms with Crippen molar-refractivity contribution in [2.24, 2.45) is 0 Å². The Morgan fingerprint density at radius 2 is 2.05 bits per heavy atom. The maximum Gasteiger partial charge on any atom is 0.260 e. The molecule has 3 heterocycles. The minimum atomic E-state index is -0.954. The van der Waals surface area contributed by atoms with Crippen molar-refractivity contribution in [3.63, 3.8) is 0 Å². The monoisotopic (exact) mass is 252 g/mol. The van der Waals surface area contributed by atoms with Crippen LogP contribution in [0.3, 0.4) is 0 Å². The number of nitrogens with zero attached hydrogens (tertiary/aromatic N) is 1. The molecule has 4 heteroatoms. The molecule has 1 aromatic carbocycles. The highest BCUT2D eigenvalue weighted by atomic mass is 16.2. The van der Waals surface area contributed by atoms with Crippen molar-refractivity contribution >= 4 is 17.5 Å². The zero-order valence-corrected chi connectivity index (χ0v) is 10.2. The van der Waals surface area contributed by atoms with E-state index in [0.717, 1.165) is 17.7 Å². The fraction of sp³-hybridized carbons (Fsp3) is 0.200. The standard InChI is InChI=1S/C15H12N2O2/c18-13-5-7-15(16-13)9-12-11-4-2-1-3-10(11)6-8-17(12)14(15)19/h1-5,7,9H,6,8H2,(H,16,18). The van der Waals surface area contributed by atoms with Gasteiger partial charge in [-0.3, -0.25) is 9.59 Å². The largest absolute Gasteiger partial charge is 0.332 e. The second-order valence-corrected chi connectivity index (χ2v) is 5.09. The molecule has 0 fully saturated rings. The topological polar surface area (TPSA) is 49.4 Å². The predicted octanol–water partition coefficient (Wildman–Crippen LogP) is 0.851. The van der Waals surface area contributed by atoms with Crippen LogP contribution in [0.1, 0.15) is 11.1 Å². The minimum Gasteiger partial charge on any atom is -0.332 e. The summed E-state index contributed by atoms with van der Waals surface area (Å²) in [6.07, 6.45) is 5.81. The predicted molar refractivity (Wildman–Crippen MR) is 69.8 cm³/mol. The molecule has 1 atom stereocenters. The van der Waals surface area contributed by atoms with Crippen LogP contribution in [-0.4, -0.2) is 28.8 Å². The highest BCUT2D eigenvalue weighted by Gasteiger charge is 2.49. The van der Waals surface area contributed by atoms with Crippen LogP contribution in [0, 0.1) is 0 Å². The van der Waals surface area contributed by atoms with Crippen LogP contribution in [0.2, 0.25) is 0 Å². The summed E-state index contributed by atoms with van der Waals surface area (Å²) in [5.41, 5.74) is 2.31. The molecule has 0 aliphatic carbocycles. The van der Waals surface area contributed by atoms with Gasteiger partial charge in [0.25, 0.3) is 5.91 Å². The lowest BCUT2D eigenvalue weighted by Crippen LogP contribution is -2.50. The van der Waals surface area contributed by atoms with E-state index in [1.807, 2.05) is 24.3 Å². The second-order valence-electron chi connectivity index (χ2n) is 5.09. The smallest absolute Gasteiger partial charge is 0.260 e. The first kappa shape index (κ1) is 10.6. The summed E-state index contributed by atoms with van der Waals surface area (Å²) in [7, 11) is 0. The Morgan fingerprint density at radius 1 is 1.21 bits per heavy atom. The molecule has 4 rings (SSSR count). The van der Waals surface area contributed by atoms with Crippen LogP contribution in [0.5, 0.6) is 0 Å². The quantitative estimate of drug-likeness (QED) is 0.744. The molecule has 0 saturated heterocycles. The maximum absolute atomic E-state index is 12.5. The SMILES string of the molecule is O=C1C=CC2(C=C3c4ccccc4CCN3C2=O)N1. The number of nitrogens with one attached hydrogen (secondary N) is 1. The molecular weight excluding hydrogens is 240 g/mol. The van der Waals surface area contributed by atoms with Gasteiger partial charge in [-0.2, -0.15) is 0 Å². The molecule has 2 amide bonds. The van der Waals surface area contributed by atoms with E-state index in [4.69, 9.17) is 0 Å². The fourth-order valence-electron chi connectivity index (χ4n) is 3.06. The molecule has 19 heavy (non-hydrogen) atoms. The average Bonchev–Trinajstić information content (AvgIpc) is 2.93. The van der Waals surface area contributed by atoms with Crippen LogP contribution in [-0.2, 0) is 16.0 Å². The number of carbonyl (C=O) groups is 2. The molecule has 1 spiro atoms. The molecule has 1 aromatic rings. The molecule has 94 valence electrons. The summed E-state index contributed by atoms with van der Waals surface area (Å²) in [5.74, 6) is -0.266. The van der Waals surface area contributed by atoms with E-state index in [-0.39, 0.29) is 11.8 Å². The molecular formula is C15H12N2O2. The number of benzene rings is 1. The van der Waals surface area contributed by atoms with Crippen LogP contribution in [0.15, 0.2) is 42.5 Å². The van der Waals surface area contributed by atoms with Gasteiger partial charge in [-0.15, -0.1) is 0 Å². The highest BCUT2D eigenvalue weighted by Crippen LogP contribution is 2.38. The summed E-state index contributed by atoms with van der Waals surface area (Å²) < 4.78 is 0. The second kappa shape index (κ2) is 3.35. The average molecular weight is 252 g/mol. The Hall–Kier alpha value is -2.36. The number of hydrogen-bond acceptors (Lipinski definition) is 2. The van der Waals surface area contributed by atoms with E-state index in [9.17, 15) is 9.59 Å². The summed E-state index contributed by atoms with van der Waals surface area (Å²) in [5, 5.41) is 2.75. The Bertz CT molecular complexity index is 674.